The summed E-state index contributed by atoms with van der Waals surface area (Å²) in [6.45, 7) is 0. The van der Waals surface area contributed by atoms with Crippen LogP contribution in [0.2, 0.25) is 0 Å². The maximum atomic E-state index is 11.5. The normalized spacial score (nSPS) is 42.3. The predicted molar refractivity (Wildman–Crippen MR) is 49.1 cm³/mol. The number of methoxy groups -OCH3 is 1. The van der Waals surface area contributed by atoms with Crippen molar-refractivity contribution in [2.75, 3.05) is 7.11 Å². The number of hydrogen-bond acceptors (Lipinski definition) is 3. The summed E-state index contributed by atoms with van der Waals surface area (Å²) in [5, 5.41) is 0. The lowest BCUT2D eigenvalue weighted by Crippen LogP contribution is -2.40. The summed E-state index contributed by atoms with van der Waals surface area (Å²) >= 11 is 5.64. The molecule has 74 valence electrons. The van der Waals surface area contributed by atoms with E-state index in [9.17, 15) is 4.79 Å². The Morgan fingerprint density at radius 1 is 1.46 bits per heavy atom. The molecule has 0 aromatic carbocycles. The van der Waals surface area contributed by atoms with E-state index < -0.39 is 0 Å². The number of esters is 1. The third kappa shape index (κ3) is 1.34. The molecular formula is C9H14ClNO2. The third-order valence-electron chi connectivity index (χ3n) is 3.52. The fraction of sp³-hybridized carbons (Fsp3) is 0.889. The fourth-order valence-corrected chi connectivity index (χ4v) is 3.24. The summed E-state index contributed by atoms with van der Waals surface area (Å²) in [7, 11) is 1.44. The van der Waals surface area contributed by atoms with Gasteiger partial charge in [-0.05, 0) is 42.9 Å². The molecule has 2 fully saturated rings. The Morgan fingerprint density at radius 2 is 2.15 bits per heavy atom. The molecule has 0 aromatic heterocycles. The van der Waals surface area contributed by atoms with Gasteiger partial charge in [-0.25, -0.2) is 4.84 Å². The molecule has 1 N–H and O–H groups in total. The molecule has 2 aliphatic carbocycles. The Morgan fingerprint density at radius 3 is 2.77 bits per heavy atom. The highest BCUT2D eigenvalue weighted by Gasteiger charge is 2.51. The number of fused-ring (bicyclic) bond motifs is 2. The van der Waals surface area contributed by atoms with Gasteiger partial charge >= 0.3 is 5.97 Å². The second-order valence-electron chi connectivity index (χ2n) is 4.02. The average Bonchev–Trinajstić information content (AvgIpc) is 2.74. The Balaban J connectivity index is 2.13. The largest absolute Gasteiger partial charge is 0.469 e. The van der Waals surface area contributed by atoms with Crippen LogP contribution in [0.15, 0.2) is 0 Å². The van der Waals surface area contributed by atoms with Crippen LogP contribution < -0.4 is 4.84 Å². The molecule has 0 spiro atoms. The van der Waals surface area contributed by atoms with E-state index in [1.807, 2.05) is 0 Å². The standard InChI is InChI=1S/C9H14ClNO2/c1-13-9(12)7-5-2-3-6(4-5)8(7)11-10/h5-8,11H,2-4H2,1H3/t5-,6+,7?,8?/m0/s1. The van der Waals surface area contributed by atoms with E-state index in [4.69, 9.17) is 16.5 Å². The van der Waals surface area contributed by atoms with Crippen LogP contribution in [0.5, 0.6) is 0 Å². The minimum atomic E-state index is -0.106. The van der Waals surface area contributed by atoms with Crippen molar-refractivity contribution >= 4 is 17.7 Å². The fourth-order valence-electron chi connectivity index (χ4n) is 2.92. The second kappa shape index (κ2) is 3.46. The Kier molecular flexibility index (Phi) is 2.47. The Bertz CT molecular complexity index is 222. The van der Waals surface area contributed by atoms with Crippen molar-refractivity contribution in [2.45, 2.75) is 25.3 Å². The van der Waals surface area contributed by atoms with Crippen molar-refractivity contribution in [3.63, 3.8) is 0 Å². The van der Waals surface area contributed by atoms with Crippen molar-refractivity contribution in [1.82, 2.24) is 4.84 Å². The summed E-state index contributed by atoms with van der Waals surface area (Å²) in [6, 6.07) is 0.132. The molecule has 0 heterocycles. The van der Waals surface area contributed by atoms with Crippen molar-refractivity contribution in [3.05, 3.63) is 0 Å². The SMILES string of the molecule is COC(=O)C1C(NCl)[C@@H]2CC[C@H]1C2. The molecule has 2 saturated carbocycles. The smallest absolute Gasteiger partial charge is 0.310 e. The highest BCUT2D eigenvalue weighted by Crippen LogP contribution is 2.48. The molecule has 2 aliphatic rings. The summed E-state index contributed by atoms with van der Waals surface area (Å²) in [5.74, 6) is 0.951. The molecule has 0 aromatic rings. The topological polar surface area (TPSA) is 38.3 Å². The van der Waals surface area contributed by atoms with Crippen molar-refractivity contribution in [2.24, 2.45) is 17.8 Å². The highest BCUT2D eigenvalue weighted by atomic mass is 35.5. The van der Waals surface area contributed by atoms with Crippen LogP contribution >= 0.6 is 11.8 Å². The molecule has 13 heavy (non-hydrogen) atoms. The van der Waals surface area contributed by atoms with Gasteiger partial charge in [0, 0.05) is 6.04 Å². The molecule has 0 aliphatic heterocycles. The van der Waals surface area contributed by atoms with Crippen molar-refractivity contribution in [3.8, 4) is 0 Å². The number of rotatable bonds is 2. The van der Waals surface area contributed by atoms with E-state index in [1.165, 1.54) is 13.5 Å². The number of hydrogen-bond donors (Lipinski definition) is 1. The van der Waals surface area contributed by atoms with Crippen LogP contribution in [0.25, 0.3) is 0 Å². The van der Waals surface area contributed by atoms with E-state index in [0.717, 1.165) is 12.8 Å². The minimum absolute atomic E-state index is 0.0127. The lowest BCUT2D eigenvalue weighted by Gasteiger charge is -2.27. The summed E-state index contributed by atoms with van der Waals surface area (Å²) < 4.78 is 4.78. The van der Waals surface area contributed by atoms with Gasteiger partial charge in [-0.3, -0.25) is 4.79 Å². The molecule has 2 unspecified atom stereocenters. The number of ether oxygens (including phenoxy) is 1. The Hall–Kier alpha value is -0.280. The first kappa shape index (κ1) is 9.28. The van der Waals surface area contributed by atoms with Gasteiger partial charge in [-0.15, -0.1) is 0 Å². The number of nitrogens with one attached hydrogen (secondary N) is 1. The van der Waals surface area contributed by atoms with E-state index in [0.29, 0.717) is 11.8 Å². The summed E-state index contributed by atoms with van der Waals surface area (Å²) in [6.07, 6.45) is 3.48. The van der Waals surface area contributed by atoms with Crippen molar-refractivity contribution in [1.29, 1.82) is 0 Å². The zero-order chi connectivity index (χ0) is 9.42. The second-order valence-corrected chi connectivity index (χ2v) is 4.24. The van der Waals surface area contributed by atoms with Gasteiger partial charge in [0.2, 0.25) is 0 Å². The van der Waals surface area contributed by atoms with Crippen molar-refractivity contribution < 1.29 is 9.53 Å². The molecule has 4 atom stereocenters. The quantitative estimate of drug-likeness (QED) is 0.544. The lowest BCUT2D eigenvalue weighted by molar-refractivity contribution is -0.148. The average molecular weight is 204 g/mol. The number of carbonyl (C=O) groups is 1. The molecule has 0 radical (unpaired) electrons. The van der Waals surface area contributed by atoms with Crippen LogP contribution in [0.1, 0.15) is 19.3 Å². The molecular weight excluding hydrogens is 190 g/mol. The maximum Gasteiger partial charge on any atom is 0.310 e. The Labute approximate surface area is 82.9 Å². The van der Waals surface area contributed by atoms with Gasteiger partial charge in [-0.1, -0.05) is 0 Å². The van der Waals surface area contributed by atoms with E-state index in [2.05, 4.69) is 4.84 Å². The number of carbonyl (C=O) groups excluding carboxylic acids is 1. The predicted octanol–water partition coefficient (Wildman–Crippen LogP) is 1.32. The van der Waals surface area contributed by atoms with E-state index in [1.54, 1.807) is 0 Å². The lowest BCUT2D eigenvalue weighted by atomic mass is 9.85. The summed E-state index contributed by atoms with van der Waals surface area (Å²) in [5.41, 5.74) is 0. The van der Waals surface area contributed by atoms with Gasteiger partial charge < -0.3 is 4.74 Å². The third-order valence-corrected chi connectivity index (χ3v) is 3.77. The molecule has 0 amide bonds. The summed E-state index contributed by atoms with van der Waals surface area (Å²) in [4.78, 5) is 14.2. The van der Waals surface area contributed by atoms with Gasteiger partial charge in [-0.2, -0.15) is 0 Å². The van der Waals surface area contributed by atoms with E-state index in [-0.39, 0.29) is 17.9 Å². The maximum absolute atomic E-state index is 11.5. The minimum Gasteiger partial charge on any atom is -0.469 e. The molecule has 2 bridgehead atoms. The highest BCUT2D eigenvalue weighted by molar-refractivity contribution is 6.13. The van der Waals surface area contributed by atoms with Crippen LogP contribution in [-0.4, -0.2) is 19.1 Å². The van der Waals surface area contributed by atoms with Crippen LogP contribution in [-0.2, 0) is 9.53 Å². The molecule has 3 nitrogen and oxygen atoms in total. The van der Waals surface area contributed by atoms with Crippen LogP contribution in [0, 0.1) is 17.8 Å². The zero-order valence-corrected chi connectivity index (χ0v) is 8.38. The van der Waals surface area contributed by atoms with Gasteiger partial charge in [0.05, 0.1) is 13.0 Å². The molecule has 4 heteroatoms. The first-order valence-corrected chi connectivity index (χ1v) is 5.09. The molecule has 0 saturated heterocycles. The first-order valence-electron chi connectivity index (χ1n) is 4.72. The molecule has 2 rings (SSSR count). The first-order chi connectivity index (χ1) is 6.27. The monoisotopic (exact) mass is 203 g/mol. The van der Waals surface area contributed by atoms with E-state index >= 15 is 0 Å². The van der Waals surface area contributed by atoms with Crippen LogP contribution in [0.4, 0.5) is 0 Å². The van der Waals surface area contributed by atoms with Gasteiger partial charge in [0.1, 0.15) is 0 Å². The van der Waals surface area contributed by atoms with Gasteiger partial charge in [0.25, 0.3) is 0 Å². The van der Waals surface area contributed by atoms with Crippen LogP contribution in [0.3, 0.4) is 0 Å². The zero-order valence-electron chi connectivity index (χ0n) is 7.63. The number of halogens is 1. The van der Waals surface area contributed by atoms with Gasteiger partial charge in [0.15, 0.2) is 0 Å².